The lowest BCUT2D eigenvalue weighted by Crippen LogP contribution is -2.58. The fraction of sp³-hybridized carbons (Fsp3) is 1.00. The van der Waals surface area contributed by atoms with Crippen molar-refractivity contribution in [3.05, 3.63) is 0 Å². The van der Waals surface area contributed by atoms with Gasteiger partial charge in [-0.15, -0.1) is 0 Å². The molecule has 2 aliphatic rings. The molecule has 1 atom stereocenters. The molecule has 0 aromatic rings. The normalized spacial score (nSPS) is 25.1. The van der Waals surface area contributed by atoms with Crippen molar-refractivity contribution in [2.24, 2.45) is 11.8 Å². The molecule has 0 spiro atoms. The van der Waals surface area contributed by atoms with E-state index in [4.69, 9.17) is 0 Å². The van der Waals surface area contributed by atoms with Crippen LogP contribution in [-0.4, -0.2) is 73.9 Å². The van der Waals surface area contributed by atoms with Crippen molar-refractivity contribution < 1.29 is 5.11 Å². The number of rotatable bonds is 8. The highest BCUT2D eigenvalue weighted by Crippen LogP contribution is 2.40. The van der Waals surface area contributed by atoms with Gasteiger partial charge in [-0.05, 0) is 71.2 Å². The SMILES string of the molecule is CCNC(CO)(CN(C)CC1CCN(C)CC1)C1CC1. The maximum atomic E-state index is 9.91. The molecule has 0 radical (unpaired) electrons. The molecule has 1 saturated carbocycles. The summed E-state index contributed by atoms with van der Waals surface area (Å²) >= 11 is 0. The Hall–Kier alpha value is -0.160. The third kappa shape index (κ3) is 4.17. The maximum absolute atomic E-state index is 9.91. The number of nitrogens with zero attached hydrogens (tertiary/aromatic N) is 2. The van der Waals surface area contributed by atoms with Crippen molar-refractivity contribution in [2.45, 2.75) is 38.1 Å². The summed E-state index contributed by atoms with van der Waals surface area (Å²) in [5, 5.41) is 13.5. The first-order valence-corrected chi connectivity index (χ1v) is 8.32. The van der Waals surface area contributed by atoms with E-state index in [-0.39, 0.29) is 12.1 Å². The highest BCUT2D eigenvalue weighted by atomic mass is 16.3. The minimum Gasteiger partial charge on any atom is -0.394 e. The lowest BCUT2D eigenvalue weighted by Gasteiger charge is -2.39. The molecule has 2 rings (SSSR count). The van der Waals surface area contributed by atoms with E-state index in [1.165, 1.54) is 45.3 Å². The molecule has 1 heterocycles. The molecular weight excluding hydrogens is 250 g/mol. The van der Waals surface area contributed by atoms with E-state index < -0.39 is 0 Å². The van der Waals surface area contributed by atoms with Gasteiger partial charge in [0.15, 0.2) is 0 Å². The topological polar surface area (TPSA) is 38.7 Å². The van der Waals surface area contributed by atoms with Crippen LogP contribution in [0.3, 0.4) is 0 Å². The van der Waals surface area contributed by atoms with Gasteiger partial charge in [0.25, 0.3) is 0 Å². The van der Waals surface area contributed by atoms with Gasteiger partial charge < -0.3 is 20.2 Å². The van der Waals surface area contributed by atoms with Gasteiger partial charge in [0.05, 0.1) is 12.1 Å². The number of nitrogens with one attached hydrogen (secondary N) is 1. The lowest BCUT2D eigenvalue weighted by atomic mass is 9.91. The average molecular weight is 283 g/mol. The first-order chi connectivity index (χ1) is 9.59. The largest absolute Gasteiger partial charge is 0.394 e. The molecule has 4 nitrogen and oxygen atoms in total. The Bertz CT molecular complexity index is 287. The molecule has 2 fully saturated rings. The quantitative estimate of drug-likeness (QED) is 0.697. The maximum Gasteiger partial charge on any atom is 0.0628 e. The third-order valence-corrected chi connectivity index (χ3v) is 5.13. The Morgan fingerprint density at radius 3 is 2.40 bits per heavy atom. The number of piperidine rings is 1. The molecule has 118 valence electrons. The number of aliphatic hydroxyl groups excluding tert-OH is 1. The number of hydrogen-bond acceptors (Lipinski definition) is 4. The second kappa shape index (κ2) is 7.21. The summed E-state index contributed by atoms with van der Waals surface area (Å²) in [6.07, 6.45) is 5.18. The van der Waals surface area contributed by atoms with Gasteiger partial charge in [-0.3, -0.25) is 0 Å². The third-order valence-electron chi connectivity index (χ3n) is 5.13. The minimum atomic E-state index is -0.0606. The highest BCUT2D eigenvalue weighted by molar-refractivity contribution is 5.02. The number of likely N-dealkylation sites (tertiary alicyclic amines) is 1. The van der Waals surface area contributed by atoms with Crippen LogP contribution in [0.15, 0.2) is 0 Å². The molecule has 1 aliphatic heterocycles. The van der Waals surface area contributed by atoms with E-state index >= 15 is 0 Å². The van der Waals surface area contributed by atoms with Crippen LogP contribution in [0.4, 0.5) is 0 Å². The van der Waals surface area contributed by atoms with Crippen LogP contribution in [0.5, 0.6) is 0 Å². The van der Waals surface area contributed by atoms with E-state index in [9.17, 15) is 5.11 Å². The van der Waals surface area contributed by atoms with Crippen LogP contribution < -0.4 is 5.32 Å². The molecule has 0 aromatic carbocycles. The number of hydrogen-bond donors (Lipinski definition) is 2. The van der Waals surface area contributed by atoms with Gasteiger partial charge in [0.1, 0.15) is 0 Å². The summed E-state index contributed by atoms with van der Waals surface area (Å²) in [6, 6.07) is 0. The molecule has 0 amide bonds. The number of likely N-dealkylation sites (N-methyl/N-ethyl adjacent to an activating group) is 2. The molecule has 20 heavy (non-hydrogen) atoms. The Morgan fingerprint density at radius 2 is 1.90 bits per heavy atom. The predicted molar refractivity (Wildman–Crippen MR) is 83.9 cm³/mol. The van der Waals surface area contributed by atoms with Crippen LogP contribution in [-0.2, 0) is 0 Å². The van der Waals surface area contributed by atoms with Crippen LogP contribution in [0, 0.1) is 11.8 Å². The fourth-order valence-corrected chi connectivity index (χ4v) is 3.78. The van der Waals surface area contributed by atoms with Crippen molar-refractivity contribution in [3.8, 4) is 0 Å². The second-order valence-electron chi connectivity index (χ2n) is 7.06. The molecule has 1 aliphatic carbocycles. The molecule has 1 saturated heterocycles. The average Bonchev–Trinajstić information content (AvgIpc) is 3.25. The fourth-order valence-electron chi connectivity index (χ4n) is 3.78. The van der Waals surface area contributed by atoms with Crippen LogP contribution >= 0.6 is 0 Å². The smallest absolute Gasteiger partial charge is 0.0628 e. The molecular formula is C16H33N3O. The first kappa shape index (κ1) is 16.2. The van der Waals surface area contributed by atoms with E-state index in [2.05, 4.69) is 36.1 Å². The van der Waals surface area contributed by atoms with Gasteiger partial charge in [-0.1, -0.05) is 6.92 Å². The van der Waals surface area contributed by atoms with Gasteiger partial charge >= 0.3 is 0 Å². The van der Waals surface area contributed by atoms with E-state index in [0.717, 1.165) is 19.0 Å². The molecule has 1 unspecified atom stereocenters. The molecule has 4 heteroatoms. The zero-order chi connectivity index (χ0) is 14.6. The van der Waals surface area contributed by atoms with Crippen LogP contribution in [0.2, 0.25) is 0 Å². The first-order valence-electron chi connectivity index (χ1n) is 8.32. The predicted octanol–water partition coefficient (Wildman–Crippen LogP) is 1.01. The summed E-state index contributed by atoms with van der Waals surface area (Å²) in [4.78, 5) is 4.88. The zero-order valence-corrected chi connectivity index (χ0v) is 13.6. The summed E-state index contributed by atoms with van der Waals surface area (Å²) in [5.41, 5.74) is -0.0606. The van der Waals surface area contributed by atoms with Gasteiger partial charge in [0.2, 0.25) is 0 Å². The summed E-state index contributed by atoms with van der Waals surface area (Å²) in [6.45, 7) is 7.98. The van der Waals surface area contributed by atoms with E-state index in [1.54, 1.807) is 0 Å². The Labute approximate surface area is 124 Å². The Morgan fingerprint density at radius 1 is 1.25 bits per heavy atom. The van der Waals surface area contributed by atoms with Gasteiger partial charge in [0, 0.05) is 13.1 Å². The van der Waals surface area contributed by atoms with E-state index in [0.29, 0.717) is 5.92 Å². The lowest BCUT2D eigenvalue weighted by molar-refractivity contribution is 0.0882. The monoisotopic (exact) mass is 283 g/mol. The van der Waals surface area contributed by atoms with Crippen molar-refractivity contribution in [3.63, 3.8) is 0 Å². The van der Waals surface area contributed by atoms with Gasteiger partial charge in [-0.2, -0.15) is 0 Å². The molecule has 2 N–H and O–H groups in total. The number of aliphatic hydroxyl groups is 1. The van der Waals surface area contributed by atoms with Crippen molar-refractivity contribution >= 4 is 0 Å². The van der Waals surface area contributed by atoms with Gasteiger partial charge in [-0.25, -0.2) is 0 Å². The van der Waals surface area contributed by atoms with Crippen LogP contribution in [0.25, 0.3) is 0 Å². The highest BCUT2D eigenvalue weighted by Gasteiger charge is 2.44. The zero-order valence-electron chi connectivity index (χ0n) is 13.6. The Balaban J connectivity index is 1.83. The van der Waals surface area contributed by atoms with Crippen molar-refractivity contribution in [1.29, 1.82) is 0 Å². The molecule has 0 bridgehead atoms. The summed E-state index contributed by atoms with van der Waals surface area (Å²) in [7, 11) is 4.44. The molecule has 0 aromatic heterocycles. The Kier molecular flexibility index (Phi) is 5.84. The summed E-state index contributed by atoms with van der Waals surface area (Å²) < 4.78 is 0. The van der Waals surface area contributed by atoms with E-state index in [1.807, 2.05) is 0 Å². The summed E-state index contributed by atoms with van der Waals surface area (Å²) in [5.74, 6) is 1.50. The van der Waals surface area contributed by atoms with Crippen LogP contribution in [0.1, 0.15) is 32.6 Å². The van der Waals surface area contributed by atoms with Crippen molar-refractivity contribution in [1.82, 2.24) is 15.1 Å². The van der Waals surface area contributed by atoms with Crippen molar-refractivity contribution in [2.75, 3.05) is 53.4 Å². The standard InChI is InChI=1S/C16H33N3O/c1-4-17-16(13-20,15-5-6-15)12-19(3)11-14-7-9-18(2)10-8-14/h14-15,17,20H,4-13H2,1-3H3. The second-order valence-corrected chi connectivity index (χ2v) is 7.06. The minimum absolute atomic E-state index is 0.0606.